The maximum Gasteiger partial charge on any atom is 0.269 e. The van der Waals surface area contributed by atoms with Gasteiger partial charge in [0, 0.05) is 26.4 Å². The molecule has 0 heterocycles. The van der Waals surface area contributed by atoms with E-state index in [9.17, 15) is 18.5 Å². The quantitative estimate of drug-likeness (QED) is 0.428. The van der Waals surface area contributed by atoms with Crippen LogP contribution in [0.1, 0.15) is 17.2 Å². The van der Waals surface area contributed by atoms with Crippen LogP contribution in [0.4, 0.5) is 5.69 Å². The Balaban J connectivity index is 2.40. The lowest BCUT2D eigenvalue weighted by Gasteiger charge is -2.27. The van der Waals surface area contributed by atoms with Crippen LogP contribution < -0.4 is 4.72 Å². The van der Waals surface area contributed by atoms with E-state index in [4.69, 9.17) is 9.47 Å². The first-order valence-corrected chi connectivity index (χ1v) is 9.16. The van der Waals surface area contributed by atoms with Gasteiger partial charge < -0.3 is 9.47 Å². The molecule has 0 aliphatic heterocycles. The summed E-state index contributed by atoms with van der Waals surface area (Å²) in [5, 5.41) is 10.7. The Kier molecular flexibility index (Phi) is 6.43. The highest BCUT2D eigenvalue weighted by molar-refractivity contribution is 7.89. The van der Waals surface area contributed by atoms with E-state index >= 15 is 0 Å². The molecular weight excluding hydrogens is 360 g/mol. The predicted molar refractivity (Wildman–Crippen MR) is 95.1 cm³/mol. The predicted octanol–water partition coefficient (Wildman–Crippen LogP) is 2.54. The fraction of sp³-hybridized carbons (Fsp3) is 0.294. The van der Waals surface area contributed by atoms with Crippen molar-refractivity contribution in [3.05, 3.63) is 69.8 Å². The van der Waals surface area contributed by atoms with Gasteiger partial charge in [-0.05, 0) is 30.2 Å². The first-order valence-electron chi connectivity index (χ1n) is 7.68. The standard InChI is InChI=1S/C17H20N2O6S/c1-12-6-4-5-7-15(12)16(17(24-2)25-3)18-26(22,23)14-10-8-13(9-11-14)19(20)21/h4-11,16-18H,1-3H3. The molecular formula is C17H20N2O6S. The van der Waals surface area contributed by atoms with Gasteiger partial charge in [-0.25, -0.2) is 8.42 Å². The third kappa shape index (κ3) is 4.44. The summed E-state index contributed by atoms with van der Waals surface area (Å²) in [6, 6.07) is 11.1. The minimum Gasteiger partial charge on any atom is -0.354 e. The second kappa shape index (κ2) is 8.37. The number of nitro groups is 1. The summed E-state index contributed by atoms with van der Waals surface area (Å²) >= 11 is 0. The highest BCUT2D eigenvalue weighted by Crippen LogP contribution is 2.26. The fourth-order valence-corrected chi connectivity index (χ4v) is 3.75. The van der Waals surface area contributed by atoms with Gasteiger partial charge in [0.15, 0.2) is 6.29 Å². The molecule has 2 rings (SSSR count). The number of aryl methyl sites for hydroxylation is 1. The molecule has 0 aliphatic rings. The summed E-state index contributed by atoms with van der Waals surface area (Å²) < 4.78 is 38.6. The van der Waals surface area contributed by atoms with Gasteiger partial charge in [0.2, 0.25) is 10.0 Å². The minimum absolute atomic E-state index is 0.0901. The number of nitrogens with zero attached hydrogens (tertiary/aromatic N) is 1. The number of nitro benzene ring substituents is 1. The van der Waals surface area contributed by atoms with Crippen LogP contribution in [0.5, 0.6) is 0 Å². The smallest absolute Gasteiger partial charge is 0.269 e. The van der Waals surface area contributed by atoms with Gasteiger partial charge in [-0.3, -0.25) is 10.1 Å². The van der Waals surface area contributed by atoms with Crippen molar-refractivity contribution in [3.63, 3.8) is 0 Å². The molecule has 0 aliphatic carbocycles. The fourth-order valence-electron chi connectivity index (χ4n) is 2.55. The molecule has 1 N–H and O–H groups in total. The molecule has 9 heteroatoms. The summed E-state index contributed by atoms with van der Waals surface area (Å²) in [5.41, 5.74) is 1.38. The second-order valence-electron chi connectivity index (χ2n) is 5.55. The molecule has 0 bridgehead atoms. The van der Waals surface area contributed by atoms with Crippen molar-refractivity contribution in [2.24, 2.45) is 0 Å². The Morgan fingerprint density at radius 2 is 1.62 bits per heavy atom. The van der Waals surface area contributed by atoms with Crippen molar-refractivity contribution in [1.29, 1.82) is 0 Å². The van der Waals surface area contributed by atoms with Crippen LogP contribution in [0.2, 0.25) is 0 Å². The van der Waals surface area contributed by atoms with E-state index in [-0.39, 0.29) is 10.6 Å². The number of methoxy groups -OCH3 is 2. The largest absolute Gasteiger partial charge is 0.354 e. The number of hydrogen-bond donors (Lipinski definition) is 1. The number of nitrogens with one attached hydrogen (secondary N) is 1. The molecule has 2 aromatic carbocycles. The average Bonchev–Trinajstić information content (AvgIpc) is 2.62. The molecule has 0 saturated carbocycles. The molecule has 140 valence electrons. The molecule has 0 radical (unpaired) electrons. The number of non-ortho nitro benzene ring substituents is 1. The van der Waals surface area contributed by atoms with Crippen LogP contribution in [0.25, 0.3) is 0 Å². The van der Waals surface area contributed by atoms with Crippen LogP contribution in [0.3, 0.4) is 0 Å². The lowest BCUT2D eigenvalue weighted by atomic mass is 10.0. The monoisotopic (exact) mass is 380 g/mol. The lowest BCUT2D eigenvalue weighted by molar-refractivity contribution is -0.384. The van der Waals surface area contributed by atoms with Crippen LogP contribution in [-0.2, 0) is 19.5 Å². The van der Waals surface area contributed by atoms with Gasteiger partial charge in [-0.15, -0.1) is 0 Å². The number of hydrogen-bond acceptors (Lipinski definition) is 6. The molecule has 26 heavy (non-hydrogen) atoms. The van der Waals surface area contributed by atoms with Crippen LogP contribution in [0.15, 0.2) is 53.4 Å². The Morgan fingerprint density at radius 3 is 2.12 bits per heavy atom. The van der Waals surface area contributed by atoms with Gasteiger partial charge in [0.25, 0.3) is 5.69 Å². The van der Waals surface area contributed by atoms with Gasteiger partial charge in [0.1, 0.15) is 0 Å². The summed E-state index contributed by atoms with van der Waals surface area (Å²) in [5.74, 6) is 0. The minimum atomic E-state index is -3.96. The van der Waals surface area contributed by atoms with Gasteiger partial charge in [0.05, 0.1) is 15.9 Å². The Bertz CT molecular complexity index is 863. The Labute approximate surface area is 152 Å². The Hall–Kier alpha value is -2.33. The van der Waals surface area contributed by atoms with E-state index in [1.54, 1.807) is 12.1 Å². The van der Waals surface area contributed by atoms with E-state index < -0.39 is 27.3 Å². The van der Waals surface area contributed by atoms with E-state index in [0.717, 1.165) is 17.7 Å². The lowest BCUT2D eigenvalue weighted by Crippen LogP contribution is -2.38. The molecule has 0 saturated heterocycles. The molecule has 1 atom stereocenters. The normalized spacial score (nSPS) is 12.9. The van der Waals surface area contributed by atoms with E-state index in [1.165, 1.54) is 26.4 Å². The van der Waals surface area contributed by atoms with Crippen LogP contribution in [-0.4, -0.2) is 33.9 Å². The Morgan fingerprint density at radius 1 is 1.04 bits per heavy atom. The summed E-state index contributed by atoms with van der Waals surface area (Å²) in [4.78, 5) is 10.1. The first kappa shape index (κ1) is 20.0. The number of sulfonamides is 1. The molecule has 0 amide bonds. The molecule has 0 aromatic heterocycles. The van der Waals surface area contributed by atoms with E-state index in [2.05, 4.69) is 4.72 Å². The maximum atomic E-state index is 12.8. The SMILES string of the molecule is COC(OC)C(NS(=O)(=O)c1ccc([N+](=O)[O-])cc1)c1ccccc1C. The van der Waals surface area contributed by atoms with E-state index in [0.29, 0.717) is 5.56 Å². The molecule has 0 fully saturated rings. The van der Waals surface area contributed by atoms with Gasteiger partial charge in [-0.1, -0.05) is 24.3 Å². The van der Waals surface area contributed by atoms with Crippen molar-refractivity contribution in [1.82, 2.24) is 4.72 Å². The third-order valence-corrected chi connectivity index (χ3v) is 5.36. The topological polar surface area (TPSA) is 108 Å². The van der Waals surface area contributed by atoms with Crippen molar-refractivity contribution >= 4 is 15.7 Å². The van der Waals surface area contributed by atoms with Gasteiger partial charge in [-0.2, -0.15) is 4.72 Å². The number of ether oxygens (including phenoxy) is 2. The zero-order valence-corrected chi connectivity index (χ0v) is 15.4. The van der Waals surface area contributed by atoms with Crippen LogP contribution >= 0.6 is 0 Å². The van der Waals surface area contributed by atoms with E-state index in [1.807, 2.05) is 19.1 Å². The second-order valence-corrected chi connectivity index (χ2v) is 7.26. The third-order valence-electron chi connectivity index (χ3n) is 3.90. The summed E-state index contributed by atoms with van der Waals surface area (Å²) in [7, 11) is -1.13. The maximum absolute atomic E-state index is 12.8. The molecule has 0 spiro atoms. The first-order chi connectivity index (χ1) is 12.3. The van der Waals surface area contributed by atoms with Crippen molar-refractivity contribution < 1.29 is 22.8 Å². The van der Waals surface area contributed by atoms with Crippen molar-refractivity contribution in [2.75, 3.05) is 14.2 Å². The molecule has 1 unspecified atom stereocenters. The summed E-state index contributed by atoms with van der Waals surface area (Å²) in [6.07, 6.45) is -0.857. The number of rotatable bonds is 8. The summed E-state index contributed by atoms with van der Waals surface area (Å²) in [6.45, 7) is 1.85. The average molecular weight is 380 g/mol. The highest BCUT2D eigenvalue weighted by atomic mass is 32.2. The van der Waals surface area contributed by atoms with Gasteiger partial charge >= 0.3 is 0 Å². The molecule has 8 nitrogen and oxygen atoms in total. The zero-order chi connectivity index (χ0) is 19.3. The number of benzene rings is 2. The molecule has 2 aromatic rings. The highest BCUT2D eigenvalue weighted by Gasteiger charge is 2.30. The van der Waals surface area contributed by atoms with Crippen molar-refractivity contribution in [2.45, 2.75) is 24.2 Å². The van der Waals surface area contributed by atoms with Crippen molar-refractivity contribution in [3.8, 4) is 0 Å². The zero-order valence-electron chi connectivity index (χ0n) is 14.6. The van der Waals surface area contributed by atoms with Crippen LogP contribution in [0, 0.1) is 17.0 Å².